The summed E-state index contributed by atoms with van der Waals surface area (Å²) in [5, 5.41) is 7.68. The molecule has 6 nitrogen and oxygen atoms in total. The number of nitrogens with one attached hydrogen (secondary N) is 1. The average Bonchev–Trinajstić information content (AvgIpc) is 2.80. The highest BCUT2D eigenvalue weighted by Crippen LogP contribution is 2.24. The van der Waals surface area contributed by atoms with Gasteiger partial charge in [-0.15, -0.1) is 0 Å². The monoisotopic (exact) mass is 352 g/mol. The minimum Gasteiger partial charge on any atom is -0.367 e. The Morgan fingerprint density at radius 2 is 2.29 bits per heavy atom. The van der Waals surface area contributed by atoms with Crippen LogP contribution in [0.2, 0.25) is 0 Å². The topological polar surface area (TPSA) is 61.1 Å². The van der Waals surface area contributed by atoms with Crippen LogP contribution in [0.3, 0.4) is 0 Å². The molecular weight excluding hydrogens is 336 g/mol. The lowest BCUT2D eigenvalue weighted by Gasteiger charge is -2.30. The quantitative estimate of drug-likeness (QED) is 0.919. The Labute approximate surface area is 130 Å². The second-order valence-corrected chi connectivity index (χ2v) is 6.63. The second kappa shape index (κ2) is 5.31. The van der Waals surface area contributed by atoms with Crippen molar-refractivity contribution in [1.29, 1.82) is 0 Å². The van der Waals surface area contributed by atoms with Gasteiger partial charge in [0.25, 0.3) is 5.56 Å². The number of hydrogen-bond donors (Lipinski definition) is 1. The van der Waals surface area contributed by atoms with Crippen LogP contribution in [0, 0.1) is 0 Å². The highest BCUT2D eigenvalue weighted by molar-refractivity contribution is 9.10. The number of anilines is 1. The zero-order valence-electron chi connectivity index (χ0n) is 12.0. The third-order valence-electron chi connectivity index (χ3n) is 3.38. The second-order valence-electron chi connectivity index (χ2n) is 5.72. The maximum absolute atomic E-state index is 11.7. The minimum absolute atomic E-state index is 0.0564. The number of ether oxygens (including phenoxy) is 1. The van der Waals surface area contributed by atoms with E-state index in [0.29, 0.717) is 13.3 Å². The maximum Gasteiger partial charge on any atom is 0.252 e. The Kier molecular flexibility index (Phi) is 3.62. The molecule has 2 aromatic rings. The molecule has 0 fully saturated rings. The molecule has 0 spiro atoms. The third kappa shape index (κ3) is 3.19. The zero-order chi connectivity index (χ0) is 15.0. The van der Waals surface area contributed by atoms with E-state index in [2.05, 4.69) is 26.3 Å². The van der Waals surface area contributed by atoms with Gasteiger partial charge in [0.15, 0.2) is 0 Å². The number of halogens is 1. The number of hydrogen-bond acceptors (Lipinski definition) is 4. The molecule has 3 heterocycles. The molecule has 0 bridgehead atoms. The van der Waals surface area contributed by atoms with Crippen LogP contribution >= 0.6 is 15.9 Å². The number of fused-ring (bicyclic) bond motifs is 1. The minimum atomic E-state index is -0.197. The number of aromatic nitrogens is 3. The Balaban J connectivity index is 1.74. The van der Waals surface area contributed by atoms with Crippen LogP contribution in [-0.4, -0.2) is 19.9 Å². The van der Waals surface area contributed by atoms with Crippen molar-refractivity contribution in [2.24, 2.45) is 0 Å². The van der Waals surface area contributed by atoms with Gasteiger partial charge in [-0.05, 0) is 35.8 Å². The first-order valence-corrected chi connectivity index (χ1v) is 7.53. The lowest BCUT2D eigenvalue weighted by molar-refractivity contribution is -0.0660. The smallest absolute Gasteiger partial charge is 0.252 e. The summed E-state index contributed by atoms with van der Waals surface area (Å²) in [5.41, 5.74) is 0.787. The van der Waals surface area contributed by atoms with E-state index in [1.165, 1.54) is 6.07 Å². The largest absolute Gasteiger partial charge is 0.367 e. The first-order valence-electron chi connectivity index (χ1n) is 6.73. The molecule has 0 amide bonds. The van der Waals surface area contributed by atoms with Gasteiger partial charge in [-0.3, -0.25) is 14.0 Å². The van der Waals surface area contributed by atoms with Crippen LogP contribution in [0.25, 0.3) is 0 Å². The Bertz CT molecular complexity index is 720. The van der Waals surface area contributed by atoms with Crippen LogP contribution < -0.4 is 10.9 Å². The molecule has 0 aliphatic carbocycles. The molecule has 1 aliphatic rings. The van der Waals surface area contributed by atoms with Gasteiger partial charge in [-0.1, -0.05) is 0 Å². The predicted molar refractivity (Wildman–Crippen MR) is 83.1 cm³/mol. The van der Waals surface area contributed by atoms with E-state index in [4.69, 9.17) is 4.74 Å². The highest BCUT2D eigenvalue weighted by Gasteiger charge is 2.27. The molecule has 3 rings (SSSR count). The summed E-state index contributed by atoms with van der Waals surface area (Å²) in [7, 11) is 0. The summed E-state index contributed by atoms with van der Waals surface area (Å²) in [4.78, 5) is 11.7. The van der Waals surface area contributed by atoms with Gasteiger partial charge in [0.2, 0.25) is 0 Å². The van der Waals surface area contributed by atoms with Gasteiger partial charge in [0.1, 0.15) is 5.82 Å². The van der Waals surface area contributed by atoms with E-state index in [1.54, 1.807) is 16.8 Å². The summed E-state index contributed by atoms with van der Waals surface area (Å²) in [5.74, 6) is 0.748. The van der Waals surface area contributed by atoms with Crippen LogP contribution in [-0.2, 0) is 24.6 Å². The average molecular weight is 353 g/mol. The van der Waals surface area contributed by atoms with Crippen LogP contribution in [0.15, 0.2) is 33.7 Å². The van der Waals surface area contributed by atoms with E-state index in [9.17, 15) is 4.79 Å². The summed E-state index contributed by atoms with van der Waals surface area (Å²) in [6.07, 6.45) is 1.75. The zero-order valence-corrected chi connectivity index (χ0v) is 13.6. The molecular formula is C14H17BrN4O2. The van der Waals surface area contributed by atoms with E-state index in [0.717, 1.165) is 22.5 Å². The Hall–Kier alpha value is -1.60. The molecule has 0 saturated carbocycles. The molecule has 0 aromatic carbocycles. The SMILES string of the molecule is CC1(C)Cn2nc(NCn3cc(Br)ccc3=O)cc2CO1. The predicted octanol–water partition coefficient (Wildman–Crippen LogP) is 2.19. The van der Waals surface area contributed by atoms with Gasteiger partial charge >= 0.3 is 0 Å². The fraction of sp³-hybridized carbons (Fsp3) is 0.429. The van der Waals surface area contributed by atoms with Crippen molar-refractivity contribution in [3.8, 4) is 0 Å². The van der Waals surface area contributed by atoms with Crippen molar-refractivity contribution in [1.82, 2.24) is 14.3 Å². The molecule has 0 atom stereocenters. The number of nitrogens with zero attached hydrogens (tertiary/aromatic N) is 3. The van der Waals surface area contributed by atoms with Gasteiger partial charge in [-0.25, -0.2) is 0 Å². The molecule has 21 heavy (non-hydrogen) atoms. The van der Waals surface area contributed by atoms with E-state index in [1.807, 2.05) is 24.6 Å². The molecule has 0 unspecified atom stereocenters. The van der Waals surface area contributed by atoms with Crippen molar-refractivity contribution in [3.63, 3.8) is 0 Å². The molecule has 0 radical (unpaired) electrons. The fourth-order valence-electron chi connectivity index (χ4n) is 2.26. The molecule has 1 aliphatic heterocycles. The summed E-state index contributed by atoms with van der Waals surface area (Å²) in [6.45, 7) is 5.75. The highest BCUT2D eigenvalue weighted by atomic mass is 79.9. The van der Waals surface area contributed by atoms with E-state index >= 15 is 0 Å². The van der Waals surface area contributed by atoms with E-state index in [-0.39, 0.29) is 11.2 Å². The molecule has 1 N–H and O–H groups in total. The molecule has 2 aromatic heterocycles. The Morgan fingerprint density at radius 3 is 3.10 bits per heavy atom. The van der Waals surface area contributed by atoms with Gasteiger partial charge < -0.3 is 10.1 Å². The van der Waals surface area contributed by atoms with Crippen molar-refractivity contribution in [2.75, 3.05) is 5.32 Å². The van der Waals surface area contributed by atoms with Crippen molar-refractivity contribution in [2.45, 2.75) is 39.3 Å². The maximum atomic E-state index is 11.7. The Morgan fingerprint density at radius 1 is 1.48 bits per heavy atom. The third-order valence-corrected chi connectivity index (χ3v) is 3.85. The van der Waals surface area contributed by atoms with Gasteiger partial charge in [0, 0.05) is 22.8 Å². The number of rotatable bonds is 3. The standard InChI is InChI=1S/C14H17BrN4O2/c1-14(2)8-19-11(7-21-14)5-12(17-19)16-9-18-6-10(15)3-4-13(18)20/h3-6H,7-9H2,1-2H3,(H,16,17). The van der Waals surface area contributed by atoms with E-state index < -0.39 is 0 Å². The lowest BCUT2D eigenvalue weighted by Crippen LogP contribution is -2.36. The summed E-state index contributed by atoms with van der Waals surface area (Å²) in [6, 6.07) is 5.21. The molecule has 7 heteroatoms. The molecule has 0 saturated heterocycles. The van der Waals surface area contributed by atoms with Gasteiger partial charge in [0.05, 0.1) is 31.1 Å². The summed E-state index contributed by atoms with van der Waals surface area (Å²) >= 11 is 3.36. The summed E-state index contributed by atoms with van der Waals surface area (Å²) < 4.78 is 10.2. The van der Waals surface area contributed by atoms with Crippen LogP contribution in [0.1, 0.15) is 19.5 Å². The first kappa shape index (κ1) is 14.3. The number of pyridine rings is 1. The van der Waals surface area contributed by atoms with Gasteiger partial charge in [-0.2, -0.15) is 5.10 Å². The fourth-order valence-corrected chi connectivity index (χ4v) is 2.64. The first-order chi connectivity index (χ1) is 9.93. The van der Waals surface area contributed by atoms with Crippen molar-refractivity contribution < 1.29 is 4.74 Å². The van der Waals surface area contributed by atoms with Crippen molar-refractivity contribution in [3.05, 3.63) is 44.9 Å². The lowest BCUT2D eigenvalue weighted by atomic mass is 10.1. The normalized spacial score (nSPS) is 16.5. The van der Waals surface area contributed by atoms with Crippen LogP contribution in [0.4, 0.5) is 5.82 Å². The molecule has 112 valence electrons. The van der Waals surface area contributed by atoms with Crippen LogP contribution in [0.5, 0.6) is 0 Å². The van der Waals surface area contributed by atoms with Crippen molar-refractivity contribution >= 4 is 21.7 Å².